The van der Waals surface area contributed by atoms with Crippen molar-refractivity contribution in [2.45, 2.75) is 39.8 Å². The van der Waals surface area contributed by atoms with Crippen molar-refractivity contribution in [2.24, 2.45) is 0 Å². The summed E-state index contributed by atoms with van der Waals surface area (Å²) in [6.45, 7) is 14.9. The van der Waals surface area contributed by atoms with Crippen molar-refractivity contribution in [2.75, 3.05) is 44.2 Å². The van der Waals surface area contributed by atoms with Gasteiger partial charge in [-0.3, -0.25) is 4.79 Å². The van der Waals surface area contributed by atoms with E-state index < -0.39 is 17.4 Å². The molecule has 40 heavy (non-hydrogen) atoms. The fourth-order valence-corrected chi connectivity index (χ4v) is 5.37. The van der Waals surface area contributed by atoms with Crippen LogP contribution in [-0.2, 0) is 4.79 Å². The lowest BCUT2D eigenvalue weighted by Gasteiger charge is -2.44. The van der Waals surface area contributed by atoms with Crippen LogP contribution in [0.15, 0.2) is 36.9 Å². The number of halogens is 3. The maximum atomic E-state index is 16.3. The molecule has 0 saturated carbocycles. The first-order chi connectivity index (χ1) is 19.1. The van der Waals surface area contributed by atoms with E-state index in [2.05, 4.69) is 21.4 Å². The van der Waals surface area contributed by atoms with Gasteiger partial charge in [0.05, 0.1) is 10.6 Å². The van der Waals surface area contributed by atoms with Crippen LogP contribution in [0.5, 0.6) is 11.8 Å². The molecule has 1 aliphatic rings. The van der Waals surface area contributed by atoms with E-state index in [0.717, 1.165) is 19.2 Å². The second-order valence-corrected chi connectivity index (χ2v) is 10.2. The van der Waals surface area contributed by atoms with E-state index in [1.54, 1.807) is 4.90 Å². The summed E-state index contributed by atoms with van der Waals surface area (Å²) >= 11 is 6.54. The predicted octanol–water partition coefficient (Wildman–Crippen LogP) is 5.27. The SMILES string of the molecule is C=CC(=O)N1C[C@H](C)N(c2nc(OCCN(CC)CC)nc3c(F)c(-c4c(O)cccc4F)c(Cl)cc23)C[C@H]1C. The first-order valence-corrected chi connectivity index (χ1v) is 13.7. The van der Waals surface area contributed by atoms with Gasteiger partial charge in [-0.1, -0.05) is 38.1 Å². The zero-order valence-corrected chi connectivity index (χ0v) is 23.9. The van der Waals surface area contributed by atoms with Crippen molar-refractivity contribution in [3.63, 3.8) is 0 Å². The Morgan fingerprint density at radius 1 is 1.20 bits per heavy atom. The van der Waals surface area contributed by atoms with Crippen molar-refractivity contribution in [3.05, 3.63) is 53.6 Å². The average Bonchev–Trinajstić information content (AvgIpc) is 2.93. The molecule has 1 aromatic heterocycles. The normalized spacial score (nSPS) is 17.5. The summed E-state index contributed by atoms with van der Waals surface area (Å²) in [6.07, 6.45) is 1.29. The van der Waals surface area contributed by atoms with Crippen molar-refractivity contribution < 1.29 is 23.4 Å². The summed E-state index contributed by atoms with van der Waals surface area (Å²) in [5, 5.41) is 10.6. The van der Waals surface area contributed by atoms with Crippen molar-refractivity contribution in [1.82, 2.24) is 19.8 Å². The van der Waals surface area contributed by atoms with Gasteiger partial charge in [-0.2, -0.15) is 9.97 Å². The van der Waals surface area contributed by atoms with Crippen molar-refractivity contribution in [3.8, 4) is 22.9 Å². The molecule has 1 amide bonds. The van der Waals surface area contributed by atoms with Gasteiger partial charge in [0.15, 0.2) is 5.82 Å². The number of fused-ring (bicyclic) bond motifs is 1. The van der Waals surface area contributed by atoms with Gasteiger partial charge in [-0.05, 0) is 51.2 Å². The molecule has 11 heteroatoms. The molecule has 214 valence electrons. The summed E-state index contributed by atoms with van der Waals surface area (Å²) in [4.78, 5) is 27.3. The highest BCUT2D eigenvalue weighted by Gasteiger charge is 2.34. The van der Waals surface area contributed by atoms with Gasteiger partial charge in [0.2, 0.25) is 5.91 Å². The number of hydrogen-bond donors (Lipinski definition) is 1. The third-order valence-corrected chi connectivity index (χ3v) is 7.63. The van der Waals surface area contributed by atoms with Gasteiger partial charge in [-0.15, -0.1) is 0 Å². The van der Waals surface area contributed by atoms with Crippen LogP contribution in [0.3, 0.4) is 0 Å². The zero-order valence-electron chi connectivity index (χ0n) is 23.1. The molecule has 3 aromatic rings. The van der Waals surface area contributed by atoms with Crippen molar-refractivity contribution in [1.29, 1.82) is 0 Å². The van der Waals surface area contributed by atoms with Crippen LogP contribution >= 0.6 is 11.6 Å². The van der Waals surface area contributed by atoms with Gasteiger partial charge in [0.1, 0.15) is 29.5 Å². The summed E-state index contributed by atoms with van der Waals surface area (Å²) in [6, 6.07) is 4.77. The van der Waals surface area contributed by atoms with Crippen LogP contribution in [0, 0.1) is 11.6 Å². The molecular formula is C29H34ClF2N5O3. The number of nitrogens with zero attached hydrogens (tertiary/aromatic N) is 5. The number of rotatable bonds is 9. The van der Waals surface area contributed by atoms with Crippen LogP contribution in [0.2, 0.25) is 5.02 Å². The molecule has 1 saturated heterocycles. The number of benzene rings is 2. The van der Waals surface area contributed by atoms with Crippen LogP contribution in [0.1, 0.15) is 27.7 Å². The standard InChI is InChI=1S/C29H34ClF2N5O3/c1-6-23(39)36-15-18(5)37(16-17(36)4)28-19-14-20(30)24(25-21(31)10-9-11-22(25)38)26(32)27(19)33-29(34-28)40-13-12-35(7-2)8-3/h6,9-11,14,17-18,38H,1,7-8,12-13,15-16H2,2-5H3/t17-,18+/m1/s1. The minimum absolute atomic E-state index is 0.0379. The minimum Gasteiger partial charge on any atom is -0.507 e. The molecule has 4 rings (SSSR count). The van der Waals surface area contributed by atoms with Crippen molar-refractivity contribution >= 4 is 34.2 Å². The summed E-state index contributed by atoms with van der Waals surface area (Å²) in [5.74, 6) is -1.96. The van der Waals surface area contributed by atoms with E-state index >= 15 is 4.39 Å². The number of ether oxygens (including phenoxy) is 1. The van der Waals surface area contributed by atoms with E-state index in [-0.39, 0.29) is 52.3 Å². The Morgan fingerprint density at radius 3 is 2.58 bits per heavy atom. The Bertz CT molecular complexity index is 1400. The minimum atomic E-state index is -0.902. The Morgan fingerprint density at radius 2 is 1.93 bits per heavy atom. The number of amides is 1. The first-order valence-electron chi connectivity index (χ1n) is 13.3. The summed E-state index contributed by atoms with van der Waals surface area (Å²) in [5.41, 5.74) is -0.768. The molecule has 8 nitrogen and oxygen atoms in total. The highest BCUT2D eigenvalue weighted by Crippen LogP contribution is 2.43. The number of piperazine rings is 1. The number of phenolic OH excluding ortho intramolecular Hbond substituents is 1. The van der Waals surface area contributed by atoms with Crippen LogP contribution in [-0.4, -0.2) is 82.2 Å². The molecule has 2 atom stereocenters. The van der Waals surface area contributed by atoms with Gasteiger partial charge >= 0.3 is 6.01 Å². The lowest BCUT2D eigenvalue weighted by atomic mass is 10.0. The van der Waals surface area contributed by atoms with Crippen LogP contribution in [0.25, 0.3) is 22.0 Å². The molecule has 0 radical (unpaired) electrons. The fourth-order valence-electron chi connectivity index (χ4n) is 5.08. The molecule has 0 unspecified atom stereocenters. The van der Waals surface area contributed by atoms with Gasteiger partial charge < -0.3 is 24.5 Å². The Balaban J connectivity index is 1.86. The third-order valence-electron chi connectivity index (χ3n) is 7.33. The van der Waals surface area contributed by atoms with Gasteiger partial charge in [0.25, 0.3) is 0 Å². The summed E-state index contributed by atoms with van der Waals surface area (Å²) in [7, 11) is 0. The maximum Gasteiger partial charge on any atom is 0.319 e. The van der Waals surface area contributed by atoms with Gasteiger partial charge in [0, 0.05) is 42.7 Å². The number of carbonyl (C=O) groups is 1. The first kappa shape index (κ1) is 29.5. The number of likely N-dealkylation sites (N-methyl/N-ethyl adjacent to an activating group) is 1. The zero-order chi connectivity index (χ0) is 29.1. The number of aromatic hydroxyl groups is 1. The third kappa shape index (κ3) is 5.69. The molecular weight excluding hydrogens is 540 g/mol. The predicted molar refractivity (Wildman–Crippen MR) is 153 cm³/mol. The molecule has 0 aliphatic carbocycles. The number of aromatic nitrogens is 2. The largest absolute Gasteiger partial charge is 0.507 e. The highest BCUT2D eigenvalue weighted by molar-refractivity contribution is 6.34. The number of anilines is 1. The number of hydrogen-bond acceptors (Lipinski definition) is 7. The Kier molecular flexibility index (Phi) is 9.10. The number of carbonyl (C=O) groups excluding carboxylic acids is 1. The maximum absolute atomic E-state index is 16.3. The molecule has 0 bridgehead atoms. The second kappa shape index (κ2) is 12.3. The lowest BCUT2D eigenvalue weighted by Crippen LogP contribution is -2.58. The average molecular weight is 574 g/mol. The lowest BCUT2D eigenvalue weighted by molar-refractivity contribution is -0.128. The smallest absolute Gasteiger partial charge is 0.319 e. The Labute approximate surface area is 237 Å². The quantitative estimate of drug-likeness (QED) is 0.349. The van der Waals surface area contributed by atoms with Gasteiger partial charge in [-0.25, -0.2) is 8.78 Å². The van der Waals surface area contributed by atoms with E-state index in [1.807, 2.05) is 32.6 Å². The van der Waals surface area contributed by atoms with E-state index in [4.69, 9.17) is 16.3 Å². The molecule has 1 fully saturated rings. The molecule has 2 heterocycles. The highest BCUT2D eigenvalue weighted by atomic mass is 35.5. The molecule has 0 spiro atoms. The second-order valence-electron chi connectivity index (χ2n) is 9.83. The van der Waals surface area contributed by atoms with E-state index in [9.17, 15) is 14.3 Å². The molecule has 1 aliphatic heterocycles. The Hall–Kier alpha value is -3.50. The topological polar surface area (TPSA) is 82.0 Å². The monoisotopic (exact) mass is 573 g/mol. The fraction of sp³-hybridized carbons (Fsp3) is 0.414. The van der Waals surface area contributed by atoms with E-state index in [1.165, 1.54) is 24.3 Å². The number of phenols is 1. The molecule has 1 N–H and O–H groups in total. The molecule has 2 aromatic carbocycles. The van der Waals surface area contributed by atoms with E-state index in [0.29, 0.717) is 30.8 Å². The van der Waals surface area contributed by atoms with Crippen LogP contribution < -0.4 is 9.64 Å². The summed E-state index contributed by atoms with van der Waals surface area (Å²) < 4.78 is 36.9. The van der Waals surface area contributed by atoms with Crippen LogP contribution in [0.4, 0.5) is 14.6 Å².